The summed E-state index contributed by atoms with van der Waals surface area (Å²) in [5.74, 6) is 0.0606. The van der Waals surface area contributed by atoms with Gasteiger partial charge in [-0.25, -0.2) is 0 Å². The van der Waals surface area contributed by atoms with Gasteiger partial charge >= 0.3 is 0 Å². The van der Waals surface area contributed by atoms with Crippen molar-refractivity contribution in [3.8, 4) is 5.75 Å². The van der Waals surface area contributed by atoms with E-state index >= 15 is 0 Å². The van der Waals surface area contributed by atoms with Gasteiger partial charge in [0, 0.05) is 6.20 Å². The standard InChI is InChI=1S/C14H14N4O3/c1-9-14(20)18(11-4-2-3-5-12(11)21-9)8-13(19)17-10-6-15-16-7-10/h2-7,9H,8H2,1H3,(H,15,16)(H,17,19)/t9-/m1/s1. The summed E-state index contributed by atoms with van der Waals surface area (Å²) < 4.78 is 5.52. The Hall–Kier alpha value is -2.83. The van der Waals surface area contributed by atoms with Crippen molar-refractivity contribution in [2.75, 3.05) is 16.8 Å². The van der Waals surface area contributed by atoms with Gasteiger partial charge in [0.1, 0.15) is 12.3 Å². The molecule has 0 fully saturated rings. The van der Waals surface area contributed by atoms with Crippen LogP contribution in [-0.2, 0) is 9.59 Å². The topological polar surface area (TPSA) is 87.3 Å². The van der Waals surface area contributed by atoms with Crippen LogP contribution in [0.5, 0.6) is 5.75 Å². The third-order valence-corrected chi connectivity index (χ3v) is 3.16. The molecule has 0 bridgehead atoms. The number of hydrogen-bond acceptors (Lipinski definition) is 4. The van der Waals surface area contributed by atoms with Crippen LogP contribution in [0.1, 0.15) is 6.92 Å². The Kier molecular flexibility index (Phi) is 3.31. The van der Waals surface area contributed by atoms with E-state index in [1.165, 1.54) is 11.1 Å². The normalized spacial score (nSPS) is 17.1. The largest absolute Gasteiger partial charge is 0.479 e. The van der Waals surface area contributed by atoms with Gasteiger partial charge < -0.3 is 10.1 Å². The zero-order chi connectivity index (χ0) is 14.8. The third kappa shape index (κ3) is 2.58. The number of anilines is 2. The molecule has 0 unspecified atom stereocenters. The smallest absolute Gasteiger partial charge is 0.268 e. The summed E-state index contributed by atoms with van der Waals surface area (Å²) in [7, 11) is 0. The second kappa shape index (κ2) is 5.28. The molecule has 108 valence electrons. The number of rotatable bonds is 3. The van der Waals surface area contributed by atoms with Crippen LogP contribution in [0, 0.1) is 0 Å². The number of carbonyl (C=O) groups is 2. The minimum Gasteiger partial charge on any atom is -0.479 e. The fourth-order valence-corrected chi connectivity index (χ4v) is 2.19. The molecule has 1 aliphatic rings. The SMILES string of the molecule is C[C@H]1Oc2ccccc2N(CC(=O)Nc2cn[nH]c2)C1=O. The minimum atomic E-state index is -0.610. The average Bonchev–Trinajstić information content (AvgIpc) is 2.96. The summed E-state index contributed by atoms with van der Waals surface area (Å²) in [6.45, 7) is 1.59. The van der Waals surface area contributed by atoms with Gasteiger partial charge in [-0.3, -0.25) is 19.6 Å². The van der Waals surface area contributed by atoms with Crippen LogP contribution in [-0.4, -0.2) is 34.7 Å². The Labute approximate surface area is 120 Å². The summed E-state index contributed by atoms with van der Waals surface area (Å²) in [5.41, 5.74) is 1.16. The molecule has 1 aromatic carbocycles. The number of H-pyrrole nitrogens is 1. The first kappa shape index (κ1) is 13.2. The molecule has 1 aliphatic heterocycles. The van der Waals surface area contributed by atoms with Gasteiger partial charge in [0.2, 0.25) is 5.91 Å². The lowest BCUT2D eigenvalue weighted by atomic mass is 10.2. The van der Waals surface area contributed by atoms with Crippen molar-refractivity contribution >= 4 is 23.2 Å². The molecule has 2 amide bonds. The first-order valence-electron chi connectivity index (χ1n) is 6.51. The Bertz CT molecular complexity index is 669. The van der Waals surface area contributed by atoms with E-state index in [-0.39, 0.29) is 18.4 Å². The molecule has 1 aromatic heterocycles. The van der Waals surface area contributed by atoms with Gasteiger partial charge in [-0.1, -0.05) is 12.1 Å². The van der Waals surface area contributed by atoms with Gasteiger partial charge in [0.15, 0.2) is 6.10 Å². The molecular weight excluding hydrogens is 272 g/mol. The number of ether oxygens (including phenoxy) is 1. The lowest BCUT2D eigenvalue weighted by Gasteiger charge is -2.32. The van der Waals surface area contributed by atoms with E-state index in [1.54, 1.807) is 31.3 Å². The number of hydrogen-bond donors (Lipinski definition) is 2. The monoisotopic (exact) mass is 286 g/mol. The van der Waals surface area contributed by atoms with E-state index in [0.29, 0.717) is 17.1 Å². The zero-order valence-corrected chi connectivity index (χ0v) is 11.4. The summed E-state index contributed by atoms with van der Waals surface area (Å²) in [6.07, 6.45) is 2.45. The molecule has 21 heavy (non-hydrogen) atoms. The van der Waals surface area contributed by atoms with Gasteiger partial charge in [-0.15, -0.1) is 0 Å². The summed E-state index contributed by atoms with van der Waals surface area (Å²) in [6, 6.07) is 7.15. The molecule has 2 N–H and O–H groups in total. The Morgan fingerprint density at radius 3 is 3.05 bits per heavy atom. The number of para-hydroxylation sites is 2. The van der Waals surface area contributed by atoms with Crippen LogP contribution in [0.2, 0.25) is 0 Å². The van der Waals surface area contributed by atoms with Gasteiger partial charge in [0.05, 0.1) is 17.6 Å². The molecule has 2 aromatic rings. The summed E-state index contributed by atoms with van der Waals surface area (Å²) >= 11 is 0. The fourth-order valence-electron chi connectivity index (χ4n) is 2.19. The van der Waals surface area contributed by atoms with Gasteiger partial charge in [-0.05, 0) is 19.1 Å². The van der Waals surface area contributed by atoms with Crippen LogP contribution in [0.4, 0.5) is 11.4 Å². The van der Waals surface area contributed by atoms with E-state index in [2.05, 4.69) is 15.5 Å². The highest BCUT2D eigenvalue weighted by Crippen LogP contribution is 2.33. The Morgan fingerprint density at radius 1 is 1.48 bits per heavy atom. The molecule has 7 heteroatoms. The van der Waals surface area contributed by atoms with Gasteiger partial charge in [-0.2, -0.15) is 5.10 Å². The molecule has 0 saturated carbocycles. The lowest BCUT2D eigenvalue weighted by molar-refractivity contribution is -0.127. The molecular formula is C14H14N4O3. The fraction of sp³-hybridized carbons (Fsp3) is 0.214. The van der Waals surface area contributed by atoms with E-state index in [1.807, 2.05) is 6.07 Å². The highest BCUT2D eigenvalue weighted by molar-refractivity contribution is 6.06. The van der Waals surface area contributed by atoms with E-state index in [9.17, 15) is 9.59 Å². The van der Waals surface area contributed by atoms with Crippen molar-refractivity contribution in [3.05, 3.63) is 36.7 Å². The Balaban J connectivity index is 1.80. The highest BCUT2D eigenvalue weighted by Gasteiger charge is 2.32. The first-order chi connectivity index (χ1) is 10.1. The van der Waals surface area contributed by atoms with Crippen molar-refractivity contribution in [1.82, 2.24) is 10.2 Å². The molecule has 1 atom stereocenters. The van der Waals surface area contributed by atoms with Crippen LogP contribution in [0.3, 0.4) is 0 Å². The van der Waals surface area contributed by atoms with Gasteiger partial charge in [0.25, 0.3) is 5.91 Å². The molecule has 0 saturated heterocycles. The molecule has 2 heterocycles. The number of aromatic amines is 1. The number of nitrogens with one attached hydrogen (secondary N) is 2. The number of carbonyl (C=O) groups excluding carboxylic acids is 2. The zero-order valence-electron chi connectivity index (χ0n) is 11.4. The third-order valence-electron chi connectivity index (χ3n) is 3.16. The quantitative estimate of drug-likeness (QED) is 0.886. The summed E-state index contributed by atoms with van der Waals surface area (Å²) in [5, 5.41) is 9.02. The molecule has 0 aliphatic carbocycles. The molecule has 3 rings (SSSR count). The van der Waals surface area contributed by atoms with E-state index in [4.69, 9.17) is 4.74 Å². The predicted octanol–water partition coefficient (Wildman–Crippen LogP) is 1.16. The summed E-state index contributed by atoms with van der Waals surface area (Å²) in [4.78, 5) is 25.7. The second-order valence-electron chi connectivity index (χ2n) is 4.69. The van der Waals surface area contributed by atoms with Crippen LogP contribution in [0.15, 0.2) is 36.7 Å². The predicted molar refractivity (Wildman–Crippen MR) is 76.1 cm³/mol. The first-order valence-corrected chi connectivity index (χ1v) is 6.51. The molecule has 0 radical (unpaired) electrons. The maximum absolute atomic E-state index is 12.2. The number of aromatic nitrogens is 2. The second-order valence-corrected chi connectivity index (χ2v) is 4.69. The minimum absolute atomic E-state index is 0.0747. The van der Waals surface area contributed by atoms with Crippen LogP contribution in [0.25, 0.3) is 0 Å². The highest BCUT2D eigenvalue weighted by atomic mass is 16.5. The van der Waals surface area contributed by atoms with Crippen LogP contribution >= 0.6 is 0 Å². The van der Waals surface area contributed by atoms with E-state index < -0.39 is 6.10 Å². The van der Waals surface area contributed by atoms with Crippen LogP contribution < -0.4 is 15.0 Å². The molecule has 0 spiro atoms. The van der Waals surface area contributed by atoms with Crippen molar-refractivity contribution in [3.63, 3.8) is 0 Å². The van der Waals surface area contributed by atoms with E-state index in [0.717, 1.165) is 0 Å². The molecule has 7 nitrogen and oxygen atoms in total. The maximum Gasteiger partial charge on any atom is 0.268 e. The number of amides is 2. The lowest BCUT2D eigenvalue weighted by Crippen LogP contribution is -2.47. The number of nitrogens with zero attached hydrogens (tertiary/aromatic N) is 2. The maximum atomic E-state index is 12.2. The van der Waals surface area contributed by atoms with Crippen molar-refractivity contribution < 1.29 is 14.3 Å². The van der Waals surface area contributed by atoms with Crippen molar-refractivity contribution in [1.29, 1.82) is 0 Å². The number of benzene rings is 1. The van der Waals surface area contributed by atoms with Crippen molar-refractivity contribution in [2.24, 2.45) is 0 Å². The average molecular weight is 286 g/mol. The number of fused-ring (bicyclic) bond motifs is 1. The Morgan fingerprint density at radius 2 is 2.29 bits per heavy atom. The van der Waals surface area contributed by atoms with Crippen molar-refractivity contribution in [2.45, 2.75) is 13.0 Å².